The lowest BCUT2D eigenvalue weighted by Gasteiger charge is -2.22. The number of primary amides is 1. The highest BCUT2D eigenvalue weighted by atomic mass is 16.2. The van der Waals surface area contributed by atoms with Crippen LogP contribution in [0.1, 0.15) is 54.4 Å². The van der Waals surface area contributed by atoms with E-state index in [0.29, 0.717) is 22.9 Å². The predicted octanol–water partition coefficient (Wildman–Crippen LogP) is 6.28. The van der Waals surface area contributed by atoms with E-state index in [1.165, 1.54) is 43.2 Å². The monoisotopic (exact) mass is 508 g/mol. The molecule has 1 saturated carbocycles. The average molecular weight is 509 g/mol. The van der Waals surface area contributed by atoms with E-state index in [4.69, 9.17) is 5.73 Å². The minimum Gasteiger partial charge on any atom is -0.354 e. The molecular formula is C32H36N4O2. The first-order valence-corrected chi connectivity index (χ1v) is 13.5. The van der Waals surface area contributed by atoms with Crippen LogP contribution in [0, 0.1) is 5.92 Å². The Morgan fingerprint density at radius 2 is 1.63 bits per heavy atom. The van der Waals surface area contributed by atoms with Gasteiger partial charge in [-0.05, 0) is 67.4 Å². The van der Waals surface area contributed by atoms with Crippen LogP contribution in [-0.4, -0.2) is 30.9 Å². The third kappa shape index (κ3) is 5.50. The molecule has 5 rings (SSSR count). The van der Waals surface area contributed by atoms with E-state index in [-0.39, 0.29) is 0 Å². The molecule has 0 unspecified atom stereocenters. The van der Waals surface area contributed by atoms with Crippen LogP contribution in [-0.2, 0) is 17.8 Å². The second-order valence-electron chi connectivity index (χ2n) is 10.7. The molecule has 38 heavy (non-hydrogen) atoms. The van der Waals surface area contributed by atoms with Crippen LogP contribution in [0.4, 0.5) is 16.2 Å². The molecular weight excluding hydrogens is 472 g/mol. The number of imide groups is 1. The van der Waals surface area contributed by atoms with Crippen LogP contribution in [0.15, 0.2) is 72.8 Å². The number of hydrogen-bond donors (Lipinski definition) is 2. The van der Waals surface area contributed by atoms with Gasteiger partial charge >= 0.3 is 6.03 Å². The molecule has 0 radical (unpaired) electrons. The van der Waals surface area contributed by atoms with Gasteiger partial charge in [0.25, 0.3) is 5.91 Å². The summed E-state index contributed by atoms with van der Waals surface area (Å²) in [4.78, 5) is 29.5. The molecule has 2 aliphatic rings. The number of carbonyl (C=O) groups excluding carboxylic acids is 2. The van der Waals surface area contributed by atoms with Gasteiger partial charge < -0.3 is 16.0 Å². The van der Waals surface area contributed by atoms with Crippen molar-refractivity contribution in [1.82, 2.24) is 4.90 Å². The molecule has 0 bridgehead atoms. The molecule has 6 nitrogen and oxygen atoms in total. The number of nitrogens with one attached hydrogen (secondary N) is 1. The van der Waals surface area contributed by atoms with E-state index >= 15 is 0 Å². The highest BCUT2D eigenvalue weighted by Crippen LogP contribution is 2.42. The van der Waals surface area contributed by atoms with Gasteiger partial charge in [-0.1, -0.05) is 80.6 Å². The van der Waals surface area contributed by atoms with E-state index in [1.54, 1.807) is 0 Å². The number of nitrogens with zero attached hydrogens (tertiary/aromatic N) is 2. The Labute approximate surface area is 225 Å². The van der Waals surface area contributed by atoms with E-state index in [2.05, 4.69) is 28.4 Å². The van der Waals surface area contributed by atoms with Gasteiger partial charge in [0, 0.05) is 17.8 Å². The summed E-state index contributed by atoms with van der Waals surface area (Å²) in [7, 11) is 4.08. The number of fused-ring (bicyclic) bond motifs is 1. The molecule has 0 spiro atoms. The fraction of sp³-hybridized carbons (Fsp3) is 0.312. The molecule has 6 heteroatoms. The Hall–Kier alpha value is -3.90. The highest BCUT2D eigenvalue weighted by molar-refractivity contribution is 6.43. The first-order valence-electron chi connectivity index (χ1n) is 13.5. The molecule has 1 aliphatic carbocycles. The summed E-state index contributed by atoms with van der Waals surface area (Å²) in [5.41, 5.74) is 12.3. The van der Waals surface area contributed by atoms with Crippen molar-refractivity contribution in [3.8, 4) is 0 Å². The average Bonchev–Trinajstić information content (AvgIpc) is 3.20. The molecule has 3 aromatic rings. The molecule has 0 saturated heterocycles. The summed E-state index contributed by atoms with van der Waals surface area (Å²) in [5, 5.41) is 3.52. The van der Waals surface area contributed by atoms with E-state index in [9.17, 15) is 9.59 Å². The minimum atomic E-state index is -0.772. The van der Waals surface area contributed by atoms with Crippen molar-refractivity contribution in [3.63, 3.8) is 0 Å². The van der Waals surface area contributed by atoms with Gasteiger partial charge in [-0.25, -0.2) is 9.69 Å². The van der Waals surface area contributed by atoms with Gasteiger partial charge in [0.2, 0.25) is 0 Å². The first kappa shape index (κ1) is 25.7. The van der Waals surface area contributed by atoms with Crippen LogP contribution in [0.3, 0.4) is 0 Å². The van der Waals surface area contributed by atoms with Gasteiger partial charge in [-0.15, -0.1) is 0 Å². The standard InChI is InChI=1S/C32H36N4O2/c1-35(2)21-23-13-16-26(17-14-23)34-30(25-11-7-4-8-12-25)29-27-20-24(19-22-9-5-3-6-10-22)15-18-28(27)36(31(29)37)32(33)38/h4,7-8,11-18,20,22,34H,3,5-6,9-10,19,21H2,1-2H3,(H2,33,38). The fourth-order valence-corrected chi connectivity index (χ4v) is 5.71. The Kier molecular flexibility index (Phi) is 7.61. The zero-order valence-corrected chi connectivity index (χ0v) is 22.2. The fourth-order valence-electron chi connectivity index (χ4n) is 5.71. The second-order valence-corrected chi connectivity index (χ2v) is 10.7. The quantitative estimate of drug-likeness (QED) is 0.368. The van der Waals surface area contributed by atoms with Crippen molar-refractivity contribution < 1.29 is 9.59 Å². The maximum Gasteiger partial charge on any atom is 0.326 e. The third-order valence-electron chi connectivity index (χ3n) is 7.49. The summed E-state index contributed by atoms with van der Waals surface area (Å²) in [6.07, 6.45) is 7.35. The molecule has 196 valence electrons. The molecule has 1 aliphatic heterocycles. The third-order valence-corrected chi connectivity index (χ3v) is 7.49. The Morgan fingerprint density at radius 1 is 0.947 bits per heavy atom. The molecule has 3 amide bonds. The van der Waals surface area contributed by atoms with Crippen molar-refractivity contribution in [2.24, 2.45) is 11.7 Å². The lowest BCUT2D eigenvalue weighted by molar-refractivity contribution is -0.112. The van der Waals surface area contributed by atoms with E-state index in [0.717, 1.165) is 34.7 Å². The number of benzene rings is 3. The Bertz CT molecular complexity index is 1340. The van der Waals surface area contributed by atoms with Gasteiger partial charge in [-0.3, -0.25) is 4.79 Å². The van der Waals surface area contributed by atoms with Gasteiger partial charge in [0.05, 0.1) is 17.0 Å². The zero-order chi connectivity index (χ0) is 26.6. The van der Waals surface area contributed by atoms with Gasteiger partial charge in [0.1, 0.15) is 0 Å². The van der Waals surface area contributed by atoms with Crippen LogP contribution in [0.25, 0.3) is 11.3 Å². The van der Waals surface area contributed by atoms with Crippen molar-refractivity contribution in [2.75, 3.05) is 24.3 Å². The smallest absolute Gasteiger partial charge is 0.326 e. The number of anilines is 2. The number of amides is 3. The van der Waals surface area contributed by atoms with Crippen molar-refractivity contribution in [1.29, 1.82) is 0 Å². The Balaban J connectivity index is 1.60. The van der Waals surface area contributed by atoms with Crippen LogP contribution in [0.2, 0.25) is 0 Å². The normalized spacial score (nSPS) is 17.0. The largest absolute Gasteiger partial charge is 0.354 e. The maximum absolute atomic E-state index is 13.8. The SMILES string of the molecule is CN(C)Cc1ccc(NC(=C2C(=O)N(C(N)=O)c3ccc(CC4CCCCC4)cc32)c2ccccc2)cc1. The van der Waals surface area contributed by atoms with Crippen molar-refractivity contribution >= 4 is 34.6 Å². The molecule has 3 N–H and O–H groups in total. The molecule has 0 atom stereocenters. The van der Waals surface area contributed by atoms with Crippen molar-refractivity contribution in [3.05, 3.63) is 95.1 Å². The van der Waals surface area contributed by atoms with Gasteiger partial charge in [-0.2, -0.15) is 0 Å². The predicted molar refractivity (Wildman–Crippen MR) is 155 cm³/mol. The summed E-state index contributed by atoms with van der Waals surface area (Å²) in [6.45, 7) is 0.843. The van der Waals surface area contributed by atoms with Crippen LogP contribution in [0.5, 0.6) is 0 Å². The number of urea groups is 1. The van der Waals surface area contributed by atoms with Crippen molar-refractivity contribution in [2.45, 2.75) is 45.1 Å². The molecule has 1 fully saturated rings. The highest BCUT2D eigenvalue weighted by Gasteiger charge is 2.38. The van der Waals surface area contributed by atoms with E-state index in [1.807, 2.05) is 68.7 Å². The number of hydrogen-bond acceptors (Lipinski definition) is 4. The number of rotatable bonds is 7. The lowest BCUT2D eigenvalue weighted by atomic mass is 9.84. The zero-order valence-electron chi connectivity index (χ0n) is 22.2. The first-order chi connectivity index (χ1) is 18.4. The number of carbonyl (C=O) groups is 2. The molecule has 0 aromatic heterocycles. The van der Waals surface area contributed by atoms with Crippen LogP contribution >= 0.6 is 0 Å². The number of nitrogens with two attached hydrogens (primary N) is 1. The summed E-state index contributed by atoms with van der Waals surface area (Å²) in [6, 6.07) is 23.2. The summed E-state index contributed by atoms with van der Waals surface area (Å²) in [5.74, 6) is 0.254. The lowest BCUT2D eigenvalue weighted by Crippen LogP contribution is -2.38. The minimum absolute atomic E-state index is 0.405. The molecule has 3 aromatic carbocycles. The topological polar surface area (TPSA) is 78.7 Å². The van der Waals surface area contributed by atoms with Gasteiger partial charge in [0.15, 0.2) is 0 Å². The summed E-state index contributed by atoms with van der Waals surface area (Å²) < 4.78 is 0. The molecule has 1 heterocycles. The second kappa shape index (κ2) is 11.2. The Morgan fingerprint density at radius 3 is 2.29 bits per heavy atom. The maximum atomic E-state index is 13.8. The van der Waals surface area contributed by atoms with E-state index < -0.39 is 11.9 Å². The van der Waals surface area contributed by atoms with Crippen LogP contribution < -0.4 is 16.0 Å². The summed E-state index contributed by atoms with van der Waals surface area (Å²) >= 11 is 0.